The fourth-order valence-electron chi connectivity index (χ4n) is 0.960. The standard InChI is InChI=1S/C7H10N2O2/c1-4-5-6(10)8(2)9(3)7(5)11/h4H,1-3H3. The molecule has 0 N–H and O–H groups in total. The van der Waals surface area contributed by atoms with Crippen LogP contribution in [0.4, 0.5) is 0 Å². The van der Waals surface area contributed by atoms with Gasteiger partial charge in [0.05, 0.1) is 0 Å². The number of amides is 2. The van der Waals surface area contributed by atoms with Crippen molar-refractivity contribution in [3.05, 3.63) is 11.6 Å². The molecule has 2 amide bonds. The second-order valence-electron chi connectivity index (χ2n) is 2.36. The molecule has 0 radical (unpaired) electrons. The fourth-order valence-corrected chi connectivity index (χ4v) is 0.960. The summed E-state index contributed by atoms with van der Waals surface area (Å²) in [6.45, 7) is 1.68. The molecule has 1 saturated heterocycles. The molecule has 1 fully saturated rings. The van der Waals surface area contributed by atoms with Crippen molar-refractivity contribution in [2.45, 2.75) is 6.92 Å². The first-order valence-electron chi connectivity index (χ1n) is 3.32. The Hall–Kier alpha value is -1.32. The lowest BCUT2D eigenvalue weighted by Gasteiger charge is -2.16. The monoisotopic (exact) mass is 154 g/mol. The number of hydrazine groups is 1. The summed E-state index contributed by atoms with van der Waals surface area (Å²) in [6.07, 6.45) is 1.53. The molecule has 0 aliphatic carbocycles. The van der Waals surface area contributed by atoms with Crippen LogP contribution >= 0.6 is 0 Å². The SMILES string of the molecule is CC=C1C(=O)N(C)N(C)C1=O. The molecule has 0 bridgehead atoms. The van der Waals surface area contributed by atoms with Crippen LogP contribution in [0.15, 0.2) is 11.6 Å². The summed E-state index contributed by atoms with van der Waals surface area (Å²) in [5, 5.41) is 2.58. The van der Waals surface area contributed by atoms with Crippen LogP contribution in [0.25, 0.3) is 0 Å². The molecule has 1 aliphatic heterocycles. The topological polar surface area (TPSA) is 40.6 Å². The Bertz CT molecular complexity index is 223. The van der Waals surface area contributed by atoms with Crippen molar-refractivity contribution in [2.24, 2.45) is 0 Å². The smallest absolute Gasteiger partial charge is 0.267 e. The molecule has 0 saturated carbocycles. The molecule has 11 heavy (non-hydrogen) atoms. The third kappa shape index (κ3) is 0.906. The Morgan fingerprint density at radius 2 is 1.45 bits per heavy atom. The molecule has 0 aromatic carbocycles. The zero-order valence-corrected chi connectivity index (χ0v) is 6.79. The average molecular weight is 154 g/mol. The highest BCUT2D eigenvalue weighted by Crippen LogP contribution is 2.14. The van der Waals surface area contributed by atoms with Crippen molar-refractivity contribution < 1.29 is 9.59 Å². The molecule has 4 nitrogen and oxygen atoms in total. The summed E-state index contributed by atoms with van der Waals surface area (Å²) >= 11 is 0. The maximum Gasteiger partial charge on any atom is 0.277 e. The third-order valence-corrected chi connectivity index (χ3v) is 1.79. The second-order valence-corrected chi connectivity index (χ2v) is 2.36. The largest absolute Gasteiger partial charge is 0.277 e. The van der Waals surface area contributed by atoms with Crippen molar-refractivity contribution in [1.82, 2.24) is 10.0 Å². The summed E-state index contributed by atoms with van der Waals surface area (Å²) < 4.78 is 0. The van der Waals surface area contributed by atoms with Crippen LogP contribution in [0.5, 0.6) is 0 Å². The summed E-state index contributed by atoms with van der Waals surface area (Å²) in [7, 11) is 3.13. The maximum atomic E-state index is 11.2. The van der Waals surface area contributed by atoms with E-state index in [0.29, 0.717) is 0 Å². The number of rotatable bonds is 0. The zero-order valence-electron chi connectivity index (χ0n) is 6.79. The van der Waals surface area contributed by atoms with E-state index >= 15 is 0 Å². The van der Waals surface area contributed by atoms with Gasteiger partial charge in [0.2, 0.25) is 0 Å². The first kappa shape index (κ1) is 7.78. The van der Waals surface area contributed by atoms with E-state index in [1.165, 1.54) is 16.1 Å². The molecule has 0 spiro atoms. The van der Waals surface area contributed by atoms with Crippen molar-refractivity contribution in [3.8, 4) is 0 Å². The number of carbonyl (C=O) groups is 2. The Kier molecular flexibility index (Phi) is 1.68. The van der Waals surface area contributed by atoms with Crippen LogP contribution in [-0.2, 0) is 9.59 Å². The normalized spacial score (nSPS) is 18.3. The lowest BCUT2D eigenvalue weighted by molar-refractivity contribution is -0.141. The average Bonchev–Trinajstić information content (AvgIpc) is 2.17. The minimum absolute atomic E-state index is 0.236. The van der Waals surface area contributed by atoms with Gasteiger partial charge in [-0.25, -0.2) is 0 Å². The molecule has 0 aromatic heterocycles. The van der Waals surface area contributed by atoms with Crippen molar-refractivity contribution >= 4 is 11.8 Å². The van der Waals surface area contributed by atoms with Gasteiger partial charge in [-0.05, 0) is 6.92 Å². The van der Waals surface area contributed by atoms with Gasteiger partial charge in [-0.15, -0.1) is 0 Å². The summed E-state index contributed by atoms with van der Waals surface area (Å²) in [4.78, 5) is 22.3. The molecule has 0 aromatic rings. The van der Waals surface area contributed by atoms with E-state index in [0.717, 1.165) is 0 Å². The minimum atomic E-state index is -0.236. The molecule has 1 heterocycles. The van der Waals surface area contributed by atoms with E-state index in [9.17, 15) is 9.59 Å². The van der Waals surface area contributed by atoms with Gasteiger partial charge in [-0.1, -0.05) is 6.08 Å². The second kappa shape index (κ2) is 2.38. The number of nitrogens with zero attached hydrogens (tertiary/aromatic N) is 2. The van der Waals surface area contributed by atoms with Gasteiger partial charge in [0.1, 0.15) is 5.57 Å². The molecule has 1 aliphatic rings. The Balaban J connectivity index is 3.05. The summed E-state index contributed by atoms with van der Waals surface area (Å²) in [6, 6.07) is 0. The third-order valence-electron chi connectivity index (χ3n) is 1.79. The Morgan fingerprint density at radius 3 is 1.64 bits per heavy atom. The van der Waals surface area contributed by atoms with E-state index < -0.39 is 0 Å². The number of hydrogen-bond donors (Lipinski definition) is 0. The van der Waals surface area contributed by atoms with E-state index in [2.05, 4.69) is 0 Å². The number of likely N-dealkylation sites (N-methyl/N-ethyl adjacent to an activating group) is 2. The maximum absolute atomic E-state index is 11.2. The highest BCUT2D eigenvalue weighted by atomic mass is 16.2. The summed E-state index contributed by atoms with van der Waals surface area (Å²) in [5.41, 5.74) is 0.245. The van der Waals surface area contributed by atoms with Crippen LogP contribution in [0, 0.1) is 0 Å². The van der Waals surface area contributed by atoms with E-state index in [1.807, 2.05) is 0 Å². The molecular weight excluding hydrogens is 144 g/mol. The molecular formula is C7H10N2O2. The van der Waals surface area contributed by atoms with Gasteiger partial charge in [-0.3, -0.25) is 19.6 Å². The fraction of sp³-hybridized carbons (Fsp3) is 0.429. The lowest BCUT2D eigenvalue weighted by Crippen LogP contribution is -2.33. The van der Waals surface area contributed by atoms with E-state index in [1.54, 1.807) is 21.0 Å². The zero-order chi connectivity index (χ0) is 8.59. The highest BCUT2D eigenvalue weighted by Gasteiger charge is 2.35. The van der Waals surface area contributed by atoms with Crippen molar-refractivity contribution in [2.75, 3.05) is 14.1 Å². The molecule has 1 rings (SSSR count). The van der Waals surface area contributed by atoms with Gasteiger partial charge in [0.15, 0.2) is 0 Å². The van der Waals surface area contributed by atoms with Gasteiger partial charge in [-0.2, -0.15) is 0 Å². The number of allylic oxidation sites excluding steroid dienone is 1. The molecule has 60 valence electrons. The quantitative estimate of drug-likeness (QED) is 0.357. The predicted octanol–water partition coefficient (Wildman–Crippen LogP) is -0.222. The molecule has 0 unspecified atom stereocenters. The van der Waals surface area contributed by atoms with Crippen LogP contribution in [-0.4, -0.2) is 35.9 Å². The van der Waals surface area contributed by atoms with Crippen molar-refractivity contribution in [3.63, 3.8) is 0 Å². The van der Waals surface area contributed by atoms with Gasteiger partial charge in [0, 0.05) is 14.1 Å². The van der Waals surface area contributed by atoms with Crippen LogP contribution in [0.3, 0.4) is 0 Å². The molecule has 4 heteroatoms. The van der Waals surface area contributed by atoms with Gasteiger partial charge < -0.3 is 0 Å². The van der Waals surface area contributed by atoms with Crippen LogP contribution < -0.4 is 0 Å². The van der Waals surface area contributed by atoms with Gasteiger partial charge in [0.25, 0.3) is 11.8 Å². The van der Waals surface area contributed by atoms with Crippen molar-refractivity contribution in [1.29, 1.82) is 0 Å². The number of carbonyl (C=O) groups excluding carboxylic acids is 2. The lowest BCUT2D eigenvalue weighted by atomic mass is 10.2. The minimum Gasteiger partial charge on any atom is -0.267 e. The van der Waals surface area contributed by atoms with Crippen LogP contribution in [0.1, 0.15) is 6.92 Å². The predicted molar refractivity (Wildman–Crippen MR) is 39.3 cm³/mol. The first-order valence-corrected chi connectivity index (χ1v) is 3.32. The van der Waals surface area contributed by atoms with E-state index in [-0.39, 0.29) is 17.4 Å². The number of hydrogen-bond acceptors (Lipinski definition) is 2. The first-order chi connectivity index (χ1) is 5.09. The Labute approximate surface area is 65.0 Å². The molecule has 0 atom stereocenters. The Morgan fingerprint density at radius 1 is 1.09 bits per heavy atom. The van der Waals surface area contributed by atoms with Gasteiger partial charge >= 0.3 is 0 Å². The van der Waals surface area contributed by atoms with Crippen LogP contribution in [0.2, 0.25) is 0 Å². The van der Waals surface area contributed by atoms with E-state index in [4.69, 9.17) is 0 Å². The highest BCUT2D eigenvalue weighted by molar-refractivity contribution is 6.22. The summed E-state index contributed by atoms with van der Waals surface area (Å²) in [5.74, 6) is -0.472.